The molecule has 1 aliphatic heterocycles. The second-order valence-electron chi connectivity index (χ2n) is 6.73. The predicted octanol–water partition coefficient (Wildman–Crippen LogP) is 1.68. The second-order valence-corrected chi connectivity index (χ2v) is 6.73. The van der Waals surface area contributed by atoms with E-state index in [1.165, 1.54) is 5.69 Å². The number of anilines is 1. The zero-order valence-electron chi connectivity index (χ0n) is 13.2. The Labute approximate surface area is 131 Å². The number of aliphatic hydroxyl groups is 1. The standard InChI is InChI=1S/C17H25N3O2/c1-19(12-17(13-21)8-9-17)16(22)18-14-7-10-20(11-14)15-5-3-2-4-6-15/h2-6,14,21H,7-13H2,1H3,(H,18,22)/t14-/m1/s1. The van der Waals surface area contributed by atoms with Gasteiger partial charge in [-0.1, -0.05) is 18.2 Å². The van der Waals surface area contributed by atoms with Gasteiger partial charge in [-0.05, 0) is 31.4 Å². The van der Waals surface area contributed by atoms with Crippen molar-refractivity contribution in [2.45, 2.75) is 25.3 Å². The molecule has 0 aromatic heterocycles. The molecular formula is C17H25N3O2. The van der Waals surface area contributed by atoms with Crippen molar-refractivity contribution in [3.05, 3.63) is 30.3 Å². The largest absolute Gasteiger partial charge is 0.396 e. The highest BCUT2D eigenvalue weighted by atomic mass is 16.3. The van der Waals surface area contributed by atoms with E-state index in [1.807, 2.05) is 25.2 Å². The van der Waals surface area contributed by atoms with Gasteiger partial charge in [0.2, 0.25) is 0 Å². The minimum atomic E-state index is -0.0299. The van der Waals surface area contributed by atoms with E-state index in [2.05, 4.69) is 22.3 Å². The van der Waals surface area contributed by atoms with E-state index in [0.717, 1.165) is 32.4 Å². The first-order valence-corrected chi connectivity index (χ1v) is 8.04. The third-order valence-corrected chi connectivity index (χ3v) is 4.85. The average Bonchev–Trinajstić information content (AvgIpc) is 3.16. The topological polar surface area (TPSA) is 55.8 Å². The summed E-state index contributed by atoms with van der Waals surface area (Å²) in [6.07, 6.45) is 3.01. The van der Waals surface area contributed by atoms with Crippen molar-refractivity contribution in [2.24, 2.45) is 5.41 Å². The fourth-order valence-corrected chi connectivity index (χ4v) is 3.15. The molecule has 5 heteroatoms. The predicted molar refractivity (Wildman–Crippen MR) is 87.0 cm³/mol. The molecule has 22 heavy (non-hydrogen) atoms. The summed E-state index contributed by atoms with van der Waals surface area (Å²) in [6.45, 7) is 2.65. The molecule has 2 aliphatic rings. The number of benzene rings is 1. The Morgan fingerprint density at radius 2 is 2.14 bits per heavy atom. The lowest BCUT2D eigenvalue weighted by Crippen LogP contribution is -2.46. The molecule has 2 N–H and O–H groups in total. The minimum Gasteiger partial charge on any atom is -0.396 e. The van der Waals surface area contributed by atoms with E-state index in [1.54, 1.807) is 4.90 Å². The van der Waals surface area contributed by atoms with Crippen LogP contribution in [0.2, 0.25) is 0 Å². The molecule has 2 fully saturated rings. The van der Waals surface area contributed by atoms with E-state index in [-0.39, 0.29) is 24.1 Å². The molecular weight excluding hydrogens is 278 g/mol. The summed E-state index contributed by atoms with van der Waals surface area (Å²) >= 11 is 0. The number of carbonyl (C=O) groups is 1. The quantitative estimate of drug-likeness (QED) is 0.870. The molecule has 1 aromatic rings. The van der Waals surface area contributed by atoms with Crippen molar-refractivity contribution < 1.29 is 9.90 Å². The van der Waals surface area contributed by atoms with Crippen LogP contribution in [0, 0.1) is 5.41 Å². The molecule has 0 bridgehead atoms. The minimum absolute atomic E-state index is 0.0281. The molecule has 0 radical (unpaired) electrons. The molecule has 1 heterocycles. The number of rotatable bonds is 5. The maximum absolute atomic E-state index is 12.3. The number of nitrogens with zero attached hydrogens (tertiary/aromatic N) is 2. The molecule has 120 valence electrons. The van der Waals surface area contributed by atoms with Crippen LogP contribution in [-0.2, 0) is 0 Å². The van der Waals surface area contributed by atoms with Gasteiger partial charge in [0, 0.05) is 43.8 Å². The lowest BCUT2D eigenvalue weighted by molar-refractivity contribution is 0.160. The van der Waals surface area contributed by atoms with E-state index >= 15 is 0 Å². The van der Waals surface area contributed by atoms with Gasteiger partial charge in [0.25, 0.3) is 0 Å². The first-order chi connectivity index (χ1) is 10.6. The molecule has 1 aromatic carbocycles. The van der Waals surface area contributed by atoms with E-state index in [4.69, 9.17) is 0 Å². The van der Waals surface area contributed by atoms with Crippen LogP contribution in [0.1, 0.15) is 19.3 Å². The number of urea groups is 1. The van der Waals surface area contributed by atoms with Gasteiger partial charge in [-0.15, -0.1) is 0 Å². The lowest BCUT2D eigenvalue weighted by atomic mass is 10.1. The van der Waals surface area contributed by atoms with Gasteiger partial charge in [-0.25, -0.2) is 4.79 Å². The first-order valence-electron chi connectivity index (χ1n) is 8.04. The molecule has 2 amide bonds. The fourth-order valence-electron chi connectivity index (χ4n) is 3.15. The summed E-state index contributed by atoms with van der Waals surface area (Å²) < 4.78 is 0. The van der Waals surface area contributed by atoms with Gasteiger partial charge >= 0.3 is 6.03 Å². The van der Waals surface area contributed by atoms with Crippen LogP contribution >= 0.6 is 0 Å². The van der Waals surface area contributed by atoms with Crippen LogP contribution in [0.4, 0.5) is 10.5 Å². The van der Waals surface area contributed by atoms with Crippen LogP contribution in [0.3, 0.4) is 0 Å². The number of amides is 2. The molecule has 3 rings (SSSR count). The number of para-hydroxylation sites is 1. The zero-order chi connectivity index (χ0) is 15.6. The SMILES string of the molecule is CN(CC1(CO)CC1)C(=O)N[C@@H]1CCN(c2ccccc2)C1. The van der Waals surface area contributed by atoms with Gasteiger partial charge < -0.3 is 20.2 Å². The maximum atomic E-state index is 12.3. The lowest BCUT2D eigenvalue weighted by Gasteiger charge is -2.25. The second kappa shape index (κ2) is 6.16. The Hall–Kier alpha value is -1.75. The highest BCUT2D eigenvalue weighted by Gasteiger charge is 2.43. The molecule has 1 saturated heterocycles. The van der Waals surface area contributed by atoms with Crippen molar-refractivity contribution in [3.63, 3.8) is 0 Å². The summed E-state index contributed by atoms with van der Waals surface area (Å²) in [5, 5.41) is 12.5. The van der Waals surface area contributed by atoms with Gasteiger partial charge in [0.05, 0.1) is 6.61 Å². The molecule has 5 nitrogen and oxygen atoms in total. The van der Waals surface area contributed by atoms with Crippen molar-refractivity contribution in [3.8, 4) is 0 Å². The number of carbonyl (C=O) groups excluding carboxylic acids is 1. The number of hydrogen-bond acceptors (Lipinski definition) is 3. The third-order valence-electron chi connectivity index (χ3n) is 4.85. The Bertz CT molecular complexity index is 516. The molecule has 1 aliphatic carbocycles. The zero-order valence-corrected chi connectivity index (χ0v) is 13.2. The molecule has 1 atom stereocenters. The number of nitrogens with one attached hydrogen (secondary N) is 1. The molecule has 1 saturated carbocycles. The van der Waals surface area contributed by atoms with Crippen LogP contribution < -0.4 is 10.2 Å². The highest BCUT2D eigenvalue weighted by Crippen LogP contribution is 2.45. The molecule has 0 unspecified atom stereocenters. The number of hydrogen-bond donors (Lipinski definition) is 2. The smallest absolute Gasteiger partial charge is 0.317 e. The monoisotopic (exact) mass is 303 g/mol. The average molecular weight is 303 g/mol. The summed E-state index contributed by atoms with van der Waals surface area (Å²) in [5.74, 6) is 0. The third kappa shape index (κ3) is 3.35. The van der Waals surface area contributed by atoms with Crippen molar-refractivity contribution >= 4 is 11.7 Å². The number of aliphatic hydroxyl groups excluding tert-OH is 1. The summed E-state index contributed by atoms with van der Waals surface area (Å²) in [4.78, 5) is 16.3. The normalized spacial score (nSPS) is 22.5. The van der Waals surface area contributed by atoms with Crippen LogP contribution in [0.15, 0.2) is 30.3 Å². The van der Waals surface area contributed by atoms with E-state index in [0.29, 0.717) is 6.54 Å². The van der Waals surface area contributed by atoms with Crippen molar-refractivity contribution in [1.29, 1.82) is 0 Å². The van der Waals surface area contributed by atoms with Crippen molar-refractivity contribution in [1.82, 2.24) is 10.2 Å². The van der Waals surface area contributed by atoms with Crippen LogP contribution in [-0.4, -0.2) is 55.4 Å². The van der Waals surface area contributed by atoms with Gasteiger partial charge in [-0.3, -0.25) is 0 Å². The summed E-state index contributed by atoms with van der Waals surface area (Å²) in [7, 11) is 1.81. The van der Waals surface area contributed by atoms with Gasteiger partial charge in [0.15, 0.2) is 0 Å². The van der Waals surface area contributed by atoms with E-state index in [9.17, 15) is 9.90 Å². The van der Waals surface area contributed by atoms with Crippen LogP contribution in [0.5, 0.6) is 0 Å². The fraction of sp³-hybridized carbons (Fsp3) is 0.588. The van der Waals surface area contributed by atoms with Gasteiger partial charge in [-0.2, -0.15) is 0 Å². The summed E-state index contributed by atoms with van der Waals surface area (Å²) in [5.41, 5.74) is 1.18. The Morgan fingerprint density at radius 3 is 2.77 bits per heavy atom. The van der Waals surface area contributed by atoms with Gasteiger partial charge in [0.1, 0.15) is 0 Å². The highest BCUT2D eigenvalue weighted by molar-refractivity contribution is 5.74. The first kappa shape index (κ1) is 15.2. The maximum Gasteiger partial charge on any atom is 0.317 e. The Balaban J connectivity index is 1.48. The molecule has 0 spiro atoms. The van der Waals surface area contributed by atoms with Crippen molar-refractivity contribution in [2.75, 3.05) is 38.2 Å². The summed E-state index contributed by atoms with van der Waals surface area (Å²) in [6, 6.07) is 10.5. The Kier molecular flexibility index (Phi) is 4.25. The van der Waals surface area contributed by atoms with Crippen LogP contribution in [0.25, 0.3) is 0 Å². The Morgan fingerprint density at radius 1 is 1.41 bits per heavy atom. The van der Waals surface area contributed by atoms with E-state index < -0.39 is 0 Å².